The molecule has 152 valence electrons. The van der Waals surface area contributed by atoms with E-state index in [9.17, 15) is 9.59 Å². The molecule has 1 amide bonds. The summed E-state index contributed by atoms with van der Waals surface area (Å²) in [5.74, 6) is 0.244. The van der Waals surface area contributed by atoms with Crippen LogP contribution >= 0.6 is 11.8 Å². The number of thioether (sulfide) groups is 1. The fraction of sp³-hybridized carbons (Fsp3) is 0.571. The van der Waals surface area contributed by atoms with Crippen LogP contribution in [0.2, 0.25) is 0 Å². The van der Waals surface area contributed by atoms with Gasteiger partial charge in [0, 0.05) is 18.3 Å². The number of rotatable bonds is 8. The van der Waals surface area contributed by atoms with Gasteiger partial charge in [0.05, 0.1) is 11.3 Å². The van der Waals surface area contributed by atoms with Crippen LogP contribution in [0.5, 0.6) is 0 Å². The van der Waals surface area contributed by atoms with Crippen LogP contribution in [0.25, 0.3) is 11.0 Å². The number of fused-ring (bicyclic) bond motifs is 1. The van der Waals surface area contributed by atoms with E-state index in [1.807, 2.05) is 26.8 Å². The first kappa shape index (κ1) is 20.7. The van der Waals surface area contributed by atoms with Crippen molar-refractivity contribution in [2.75, 3.05) is 12.3 Å². The fourth-order valence-corrected chi connectivity index (χ4v) is 4.47. The van der Waals surface area contributed by atoms with Gasteiger partial charge in [-0.1, -0.05) is 30.3 Å². The van der Waals surface area contributed by atoms with Crippen LogP contribution in [0.15, 0.2) is 27.7 Å². The summed E-state index contributed by atoms with van der Waals surface area (Å²) in [5, 5.41) is 3.60. The van der Waals surface area contributed by atoms with Crippen LogP contribution in [0.4, 0.5) is 0 Å². The van der Waals surface area contributed by atoms with E-state index in [0.717, 1.165) is 25.0 Å². The molecule has 1 aliphatic carbocycles. The van der Waals surface area contributed by atoms with E-state index in [-0.39, 0.29) is 23.3 Å². The molecule has 1 unspecified atom stereocenters. The highest BCUT2D eigenvalue weighted by Crippen LogP contribution is 2.23. The second-order valence-electron chi connectivity index (χ2n) is 7.54. The Labute approximate surface area is 170 Å². The lowest BCUT2D eigenvalue weighted by molar-refractivity contribution is -0.118. The predicted molar refractivity (Wildman–Crippen MR) is 115 cm³/mol. The van der Waals surface area contributed by atoms with E-state index in [0.29, 0.717) is 22.7 Å². The molecule has 2 heterocycles. The van der Waals surface area contributed by atoms with Gasteiger partial charge in [-0.25, -0.2) is 4.98 Å². The van der Waals surface area contributed by atoms with Gasteiger partial charge in [-0.2, -0.15) is 0 Å². The number of amides is 1. The van der Waals surface area contributed by atoms with E-state index in [1.54, 1.807) is 4.57 Å². The number of allylic oxidation sites excluding steroid dienone is 1. The van der Waals surface area contributed by atoms with Crippen LogP contribution < -0.4 is 10.9 Å². The quantitative estimate of drug-likeness (QED) is 0.396. The Morgan fingerprint density at radius 3 is 2.96 bits per heavy atom. The van der Waals surface area contributed by atoms with Gasteiger partial charge in [0.1, 0.15) is 5.52 Å². The van der Waals surface area contributed by atoms with Crippen LogP contribution in [0.1, 0.15) is 64.1 Å². The fourth-order valence-electron chi connectivity index (χ4n) is 3.54. The van der Waals surface area contributed by atoms with Crippen LogP contribution in [-0.4, -0.2) is 32.7 Å². The van der Waals surface area contributed by atoms with Gasteiger partial charge >= 0.3 is 0 Å². The molecule has 0 bridgehead atoms. The van der Waals surface area contributed by atoms with Gasteiger partial charge < -0.3 is 10.3 Å². The second kappa shape index (κ2) is 9.45. The number of H-pyrrole nitrogens is 1. The molecule has 2 aromatic rings. The molecule has 0 radical (unpaired) electrons. The molecule has 2 N–H and O–H groups in total. The summed E-state index contributed by atoms with van der Waals surface area (Å²) < 4.78 is 1.71. The Bertz CT molecular complexity index is 928. The lowest BCUT2D eigenvalue weighted by Crippen LogP contribution is -2.29. The molecular weight excluding hydrogens is 372 g/mol. The molecule has 0 aromatic carbocycles. The van der Waals surface area contributed by atoms with Crippen molar-refractivity contribution in [2.45, 2.75) is 70.5 Å². The zero-order valence-corrected chi connectivity index (χ0v) is 17.8. The van der Waals surface area contributed by atoms with E-state index in [2.05, 4.69) is 21.4 Å². The second-order valence-corrected chi connectivity index (χ2v) is 8.48. The maximum atomic E-state index is 12.9. The minimum atomic E-state index is -0.0698. The largest absolute Gasteiger partial charge is 0.355 e. The number of aryl methyl sites for hydroxylation is 1. The normalized spacial score (nSPS) is 15.5. The average molecular weight is 403 g/mol. The maximum absolute atomic E-state index is 12.9. The summed E-state index contributed by atoms with van der Waals surface area (Å²) >= 11 is 1.33. The Morgan fingerprint density at radius 1 is 1.43 bits per heavy atom. The number of nitrogens with zero attached hydrogens (tertiary/aromatic N) is 2. The van der Waals surface area contributed by atoms with Crippen LogP contribution in [0, 0.1) is 6.92 Å². The van der Waals surface area contributed by atoms with Crippen molar-refractivity contribution in [3.63, 3.8) is 0 Å². The van der Waals surface area contributed by atoms with Crippen molar-refractivity contribution in [3.05, 3.63) is 33.8 Å². The lowest BCUT2D eigenvalue weighted by atomic mass is 9.97. The number of hydrogen-bond acceptors (Lipinski definition) is 4. The van der Waals surface area contributed by atoms with Crippen molar-refractivity contribution in [1.29, 1.82) is 0 Å². The van der Waals surface area contributed by atoms with Gasteiger partial charge in [-0.05, 0) is 58.4 Å². The molecule has 6 nitrogen and oxygen atoms in total. The minimum absolute atomic E-state index is 0.0169. The number of aromatic nitrogens is 3. The standard InChI is InChI=1S/C21H30N4O2S/c1-4-15(3)25-20(27)19-17(12-14(2)23-19)24-21(25)28-13-18(26)22-11-10-16-8-6-5-7-9-16/h8,12,15,23H,4-7,9-11,13H2,1-3H3,(H,22,26). The minimum Gasteiger partial charge on any atom is -0.355 e. The summed E-state index contributed by atoms with van der Waals surface area (Å²) in [6.07, 6.45) is 8.93. The first-order chi connectivity index (χ1) is 13.5. The molecule has 0 saturated carbocycles. The van der Waals surface area contributed by atoms with Crippen molar-refractivity contribution >= 4 is 28.7 Å². The third-order valence-corrected chi connectivity index (χ3v) is 6.26. The smallest absolute Gasteiger partial charge is 0.278 e. The van der Waals surface area contributed by atoms with E-state index in [4.69, 9.17) is 0 Å². The summed E-state index contributed by atoms with van der Waals surface area (Å²) in [5.41, 5.74) is 3.49. The Kier molecular flexibility index (Phi) is 6.99. The van der Waals surface area contributed by atoms with Gasteiger partial charge in [0.25, 0.3) is 5.56 Å². The van der Waals surface area contributed by atoms with Crippen molar-refractivity contribution < 1.29 is 4.79 Å². The van der Waals surface area contributed by atoms with Gasteiger partial charge in [-0.3, -0.25) is 14.2 Å². The monoisotopic (exact) mass is 402 g/mol. The SMILES string of the molecule is CCC(C)n1c(SCC(=O)NCCC2=CCCCC2)nc2cc(C)[nH]c2c1=O. The highest BCUT2D eigenvalue weighted by atomic mass is 32.2. The molecule has 0 saturated heterocycles. The van der Waals surface area contributed by atoms with Crippen molar-refractivity contribution in [2.24, 2.45) is 0 Å². The summed E-state index contributed by atoms with van der Waals surface area (Å²) in [6, 6.07) is 1.90. The summed E-state index contributed by atoms with van der Waals surface area (Å²) in [7, 11) is 0. The summed E-state index contributed by atoms with van der Waals surface area (Å²) in [6.45, 7) is 6.64. The van der Waals surface area contributed by atoms with Gasteiger partial charge in [0.15, 0.2) is 5.16 Å². The Balaban J connectivity index is 1.66. The molecule has 1 aliphatic rings. The van der Waals surface area contributed by atoms with E-state index < -0.39 is 0 Å². The molecule has 28 heavy (non-hydrogen) atoms. The van der Waals surface area contributed by atoms with Crippen LogP contribution in [-0.2, 0) is 4.79 Å². The van der Waals surface area contributed by atoms with Crippen molar-refractivity contribution in [1.82, 2.24) is 19.9 Å². The Morgan fingerprint density at radius 2 is 2.25 bits per heavy atom. The van der Waals surface area contributed by atoms with E-state index in [1.165, 1.54) is 36.6 Å². The third kappa shape index (κ3) is 4.87. The average Bonchev–Trinajstić information content (AvgIpc) is 3.07. The van der Waals surface area contributed by atoms with Gasteiger partial charge in [0.2, 0.25) is 5.91 Å². The number of carbonyl (C=O) groups is 1. The zero-order valence-electron chi connectivity index (χ0n) is 17.0. The number of hydrogen-bond donors (Lipinski definition) is 2. The molecule has 7 heteroatoms. The first-order valence-corrected chi connectivity index (χ1v) is 11.2. The topological polar surface area (TPSA) is 79.8 Å². The predicted octanol–water partition coefficient (Wildman–Crippen LogP) is 4.10. The molecule has 0 aliphatic heterocycles. The highest BCUT2D eigenvalue weighted by Gasteiger charge is 2.18. The number of nitrogens with one attached hydrogen (secondary N) is 2. The van der Waals surface area contributed by atoms with Gasteiger partial charge in [-0.15, -0.1) is 0 Å². The summed E-state index contributed by atoms with van der Waals surface area (Å²) in [4.78, 5) is 33.0. The maximum Gasteiger partial charge on any atom is 0.278 e. The molecule has 2 aromatic heterocycles. The number of aromatic amines is 1. The molecule has 0 fully saturated rings. The lowest BCUT2D eigenvalue weighted by Gasteiger charge is -2.17. The van der Waals surface area contributed by atoms with Crippen LogP contribution in [0.3, 0.4) is 0 Å². The number of carbonyl (C=O) groups excluding carboxylic acids is 1. The molecule has 3 rings (SSSR count). The Hall–Kier alpha value is -2.02. The third-order valence-electron chi connectivity index (χ3n) is 5.30. The highest BCUT2D eigenvalue weighted by molar-refractivity contribution is 7.99. The molecular formula is C21H30N4O2S. The zero-order chi connectivity index (χ0) is 20.1. The van der Waals surface area contributed by atoms with Crippen molar-refractivity contribution in [3.8, 4) is 0 Å². The molecule has 1 atom stereocenters. The first-order valence-electron chi connectivity index (χ1n) is 10.2. The van der Waals surface area contributed by atoms with E-state index >= 15 is 0 Å². The molecule has 0 spiro atoms.